The number of hydrogen-bond donors (Lipinski definition) is 1. The second-order valence-electron chi connectivity index (χ2n) is 8.65. The molecule has 2 aliphatic rings. The lowest BCUT2D eigenvalue weighted by molar-refractivity contribution is 0.509. The van der Waals surface area contributed by atoms with Gasteiger partial charge in [0.15, 0.2) is 17.2 Å². The molecule has 5 nitrogen and oxygen atoms in total. The van der Waals surface area contributed by atoms with Crippen molar-refractivity contribution in [3.05, 3.63) is 106 Å². The minimum absolute atomic E-state index is 0. The summed E-state index contributed by atoms with van der Waals surface area (Å²) in [6.45, 7) is 17.3. The Hall–Kier alpha value is -3.38. The van der Waals surface area contributed by atoms with Crippen LogP contribution >= 0.6 is 23.5 Å². The number of anilines is 2. The molecule has 0 radical (unpaired) electrons. The van der Waals surface area contributed by atoms with Gasteiger partial charge in [0.1, 0.15) is 17.5 Å². The van der Waals surface area contributed by atoms with Gasteiger partial charge in [-0.1, -0.05) is 25.6 Å². The van der Waals surface area contributed by atoms with Crippen molar-refractivity contribution in [2.75, 3.05) is 59.0 Å². The average Bonchev–Trinajstić information content (AvgIpc) is 3.00. The van der Waals surface area contributed by atoms with Gasteiger partial charge in [0.2, 0.25) is 0 Å². The third kappa shape index (κ3) is 10.2. The number of nitrogens with two attached hydrogens (primary N) is 1. The molecule has 11 heteroatoms. The Morgan fingerprint density at radius 1 is 0.634 bits per heavy atom. The summed E-state index contributed by atoms with van der Waals surface area (Å²) >= 11 is 3.82. The summed E-state index contributed by atoms with van der Waals surface area (Å²) in [5, 5.41) is 0. The van der Waals surface area contributed by atoms with Gasteiger partial charge in [-0.2, -0.15) is 23.5 Å². The molecule has 3 aromatic rings. The Bertz CT molecular complexity index is 1350. The molecule has 41 heavy (non-hydrogen) atoms. The highest BCUT2D eigenvalue weighted by Crippen LogP contribution is 2.26. The van der Waals surface area contributed by atoms with Gasteiger partial charge in [-0.05, 0) is 42.0 Å². The first-order chi connectivity index (χ1) is 19.4. The fourth-order valence-electron chi connectivity index (χ4n) is 3.92. The number of rotatable bonds is 3. The van der Waals surface area contributed by atoms with Gasteiger partial charge in [0, 0.05) is 55.7 Å². The van der Waals surface area contributed by atoms with Crippen molar-refractivity contribution in [3.8, 4) is 0 Å². The van der Waals surface area contributed by atoms with Gasteiger partial charge >= 0.3 is 0 Å². The third-order valence-corrected chi connectivity index (χ3v) is 7.93. The van der Waals surface area contributed by atoms with Crippen LogP contribution in [-0.2, 0) is 6.54 Å². The van der Waals surface area contributed by atoms with Gasteiger partial charge in [0.05, 0.1) is 24.5 Å². The van der Waals surface area contributed by atoms with E-state index in [4.69, 9.17) is 18.9 Å². The van der Waals surface area contributed by atoms with Gasteiger partial charge < -0.3 is 15.5 Å². The lowest BCUT2D eigenvalue weighted by Gasteiger charge is -2.28. The molecule has 2 aliphatic heterocycles. The highest BCUT2D eigenvalue weighted by atomic mass is 32.2. The molecule has 5 rings (SSSR count). The molecule has 2 heterocycles. The molecule has 2 fully saturated rings. The SMILES string of the molecule is C.NCc1ccc(N2CCSCC2)c(F)c1.[C-]#[N+]c1ccc(F)c(F)c1.[C-]#[N+]c1ccc(N2CCSCC2)c(F)c1. The second-order valence-corrected chi connectivity index (χ2v) is 11.1. The molecular formula is C30H33F4N5S2. The van der Waals surface area contributed by atoms with Gasteiger partial charge in [-0.3, -0.25) is 0 Å². The fraction of sp³-hybridized carbons (Fsp3) is 0.333. The smallest absolute Gasteiger partial charge is 0.190 e. The number of benzene rings is 3. The zero-order chi connectivity index (χ0) is 28.9. The standard InChI is InChI=1S/C11H11FN2S.C11H15FN2S.C7H3F2N.CH4/c1-13-9-2-3-11(10(12)8-9)14-4-6-15-7-5-14;12-10-7-9(8-13)1-2-11(10)14-3-5-15-6-4-14;1-10-5-2-3-6(8)7(9)4-5;/h2-3,8H,4-7H2;1-2,7H,3-6,8,13H2;2-4H;1H4. The van der Waals surface area contributed by atoms with Crippen LogP contribution in [0, 0.1) is 36.4 Å². The first-order valence-corrected chi connectivity index (χ1v) is 14.8. The molecule has 2 N–H and O–H groups in total. The van der Waals surface area contributed by atoms with Crippen molar-refractivity contribution >= 4 is 46.3 Å². The van der Waals surface area contributed by atoms with Crippen LogP contribution in [0.25, 0.3) is 9.69 Å². The Morgan fingerprint density at radius 2 is 1.07 bits per heavy atom. The molecule has 0 aliphatic carbocycles. The minimum atomic E-state index is -0.978. The van der Waals surface area contributed by atoms with E-state index in [-0.39, 0.29) is 24.7 Å². The summed E-state index contributed by atoms with van der Waals surface area (Å²) in [6, 6.07) is 13.0. The molecule has 0 saturated carbocycles. The predicted octanol–water partition coefficient (Wildman–Crippen LogP) is 7.92. The minimum Gasteiger partial charge on any atom is -0.368 e. The van der Waals surface area contributed by atoms with E-state index in [0.717, 1.165) is 66.9 Å². The molecule has 218 valence electrons. The van der Waals surface area contributed by atoms with E-state index in [1.54, 1.807) is 12.1 Å². The first-order valence-electron chi connectivity index (χ1n) is 12.5. The van der Waals surface area contributed by atoms with Crippen LogP contribution in [0.3, 0.4) is 0 Å². The monoisotopic (exact) mass is 603 g/mol. The first kappa shape index (κ1) is 33.8. The highest BCUT2D eigenvalue weighted by molar-refractivity contribution is 7.99. The number of hydrogen-bond acceptors (Lipinski definition) is 5. The van der Waals surface area contributed by atoms with Crippen molar-refractivity contribution in [1.29, 1.82) is 0 Å². The van der Waals surface area contributed by atoms with Gasteiger partial charge in [0.25, 0.3) is 0 Å². The predicted molar refractivity (Wildman–Crippen MR) is 165 cm³/mol. The van der Waals surface area contributed by atoms with Crippen LogP contribution in [0.1, 0.15) is 13.0 Å². The Balaban J connectivity index is 0.000000217. The van der Waals surface area contributed by atoms with Crippen LogP contribution in [0.5, 0.6) is 0 Å². The summed E-state index contributed by atoms with van der Waals surface area (Å²) in [6.07, 6.45) is 0. The van der Waals surface area contributed by atoms with Crippen LogP contribution in [0.15, 0.2) is 54.6 Å². The Labute approximate surface area is 248 Å². The van der Waals surface area contributed by atoms with Crippen molar-refractivity contribution in [2.24, 2.45) is 5.73 Å². The molecule has 0 amide bonds. The van der Waals surface area contributed by atoms with Gasteiger partial charge in [-0.15, -0.1) is 0 Å². The maximum atomic E-state index is 13.7. The molecule has 0 aromatic heterocycles. The molecule has 3 aromatic carbocycles. The van der Waals surface area contributed by atoms with E-state index in [0.29, 0.717) is 23.6 Å². The van der Waals surface area contributed by atoms with Crippen LogP contribution in [0.4, 0.5) is 40.3 Å². The molecule has 0 bridgehead atoms. The van der Waals surface area contributed by atoms with Crippen molar-refractivity contribution in [1.82, 2.24) is 0 Å². The number of halogens is 4. The van der Waals surface area contributed by atoms with Gasteiger partial charge in [-0.25, -0.2) is 27.3 Å². The molecule has 0 spiro atoms. The van der Waals surface area contributed by atoms with E-state index >= 15 is 0 Å². The lowest BCUT2D eigenvalue weighted by atomic mass is 10.2. The maximum absolute atomic E-state index is 13.7. The average molecular weight is 604 g/mol. The zero-order valence-electron chi connectivity index (χ0n) is 21.8. The normalized spacial score (nSPS) is 14.2. The molecule has 2 saturated heterocycles. The van der Waals surface area contributed by atoms with Crippen molar-refractivity contribution in [3.63, 3.8) is 0 Å². The van der Waals surface area contributed by atoms with E-state index in [2.05, 4.69) is 14.6 Å². The van der Waals surface area contributed by atoms with Crippen molar-refractivity contribution < 1.29 is 17.6 Å². The largest absolute Gasteiger partial charge is 0.368 e. The summed E-state index contributed by atoms with van der Waals surface area (Å²) in [5.74, 6) is 1.92. The Morgan fingerprint density at radius 3 is 1.49 bits per heavy atom. The Kier molecular flexibility index (Phi) is 14.4. The highest BCUT2D eigenvalue weighted by Gasteiger charge is 2.16. The summed E-state index contributed by atoms with van der Waals surface area (Å²) < 4.78 is 51.8. The van der Waals surface area contributed by atoms with E-state index < -0.39 is 11.6 Å². The molecule has 0 unspecified atom stereocenters. The summed E-state index contributed by atoms with van der Waals surface area (Å²) in [4.78, 5) is 10.3. The van der Waals surface area contributed by atoms with Crippen LogP contribution < -0.4 is 15.5 Å². The van der Waals surface area contributed by atoms with E-state index in [1.807, 2.05) is 40.6 Å². The van der Waals surface area contributed by atoms with E-state index in [1.165, 1.54) is 18.2 Å². The second kappa shape index (κ2) is 17.4. The van der Waals surface area contributed by atoms with Crippen molar-refractivity contribution in [2.45, 2.75) is 14.0 Å². The number of thioether (sulfide) groups is 2. The molecular weight excluding hydrogens is 570 g/mol. The van der Waals surface area contributed by atoms with Crippen LogP contribution in [0.2, 0.25) is 0 Å². The topological polar surface area (TPSA) is 41.2 Å². The summed E-state index contributed by atoms with van der Waals surface area (Å²) in [5.41, 5.74) is 8.13. The quantitative estimate of drug-likeness (QED) is 0.243. The third-order valence-electron chi connectivity index (χ3n) is 6.04. The van der Waals surface area contributed by atoms with Crippen LogP contribution in [-0.4, -0.2) is 49.2 Å². The number of nitrogens with zero attached hydrogens (tertiary/aromatic N) is 4. The van der Waals surface area contributed by atoms with E-state index in [9.17, 15) is 17.6 Å². The fourth-order valence-corrected chi connectivity index (χ4v) is 5.72. The summed E-state index contributed by atoms with van der Waals surface area (Å²) in [7, 11) is 0. The zero-order valence-corrected chi connectivity index (χ0v) is 23.4. The molecule has 0 atom stereocenters. The maximum Gasteiger partial charge on any atom is 0.190 e. The lowest BCUT2D eigenvalue weighted by Crippen LogP contribution is -2.33.